The highest BCUT2D eigenvalue weighted by molar-refractivity contribution is 5.83. The molecule has 4 rings (SSSR count). The van der Waals surface area contributed by atoms with Crippen molar-refractivity contribution in [2.75, 3.05) is 6.54 Å². The number of carbonyl (C=O) groups excluding carboxylic acids is 1. The number of benzene rings is 2. The largest absolute Gasteiger partial charge is 0.337 e. The van der Waals surface area contributed by atoms with Crippen molar-refractivity contribution in [1.82, 2.24) is 19.8 Å². The van der Waals surface area contributed by atoms with E-state index in [-0.39, 0.29) is 11.9 Å². The van der Waals surface area contributed by atoms with E-state index in [1.165, 1.54) is 16.7 Å². The first kappa shape index (κ1) is 18.4. The fourth-order valence-corrected chi connectivity index (χ4v) is 3.76. The molecule has 0 saturated carbocycles. The Hall–Kier alpha value is -2.92. The zero-order chi connectivity index (χ0) is 19.3. The van der Waals surface area contributed by atoms with Gasteiger partial charge < -0.3 is 14.8 Å². The number of nitrogens with zero attached hydrogens (tertiary/aromatic N) is 3. The molecule has 1 N–H and O–H groups in total. The van der Waals surface area contributed by atoms with E-state index < -0.39 is 0 Å². The number of aryl methyl sites for hydroxylation is 1. The molecule has 0 aliphatic carbocycles. The van der Waals surface area contributed by atoms with Gasteiger partial charge in [-0.15, -0.1) is 0 Å². The first-order valence-corrected chi connectivity index (χ1v) is 9.80. The van der Waals surface area contributed by atoms with Crippen molar-refractivity contribution < 1.29 is 4.79 Å². The van der Waals surface area contributed by atoms with Crippen molar-refractivity contribution in [2.45, 2.75) is 39.0 Å². The molecule has 1 atom stereocenters. The van der Waals surface area contributed by atoms with Crippen molar-refractivity contribution in [3.63, 3.8) is 0 Å². The van der Waals surface area contributed by atoms with Crippen LogP contribution in [0.3, 0.4) is 0 Å². The standard InChI is InChI=1S/C23H26N4O/c1-18-6-5-9-20(12-18)16-26-11-10-22(23(26)28)25-14-21-13-24-17-27(21)15-19-7-3-2-4-8-19/h2-9,12-13,17,22,25H,10-11,14-16H2,1H3/t22-/m0/s1. The molecule has 2 aromatic carbocycles. The molecule has 1 aliphatic rings. The fourth-order valence-electron chi connectivity index (χ4n) is 3.76. The van der Waals surface area contributed by atoms with E-state index in [0.717, 1.165) is 25.2 Å². The van der Waals surface area contributed by atoms with Crippen LogP contribution < -0.4 is 5.32 Å². The molecule has 2 heterocycles. The van der Waals surface area contributed by atoms with Gasteiger partial charge in [-0.05, 0) is 24.5 Å². The van der Waals surface area contributed by atoms with Gasteiger partial charge in [0.2, 0.25) is 5.91 Å². The smallest absolute Gasteiger partial charge is 0.240 e. The molecule has 0 bridgehead atoms. The minimum atomic E-state index is -0.120. The number of hydrogen-bond acceptors (Lipinski definition) is 3. The summed E-state index contributed by atoms with van der Waals surface area (Å²) in [5.74, 6) is 0.190. The van der Waals surface area contributed by atoms with Crippen molar-refractivity contribution >= 4 is 5.91 Å². The highest BCUT2D eigenvalue weighted by atomic mass is 16.2. The van der Waals surface area contributed by atoms with Gasteiger partial charge in [0.15, 0.2) is 0 Å². The van der Waals surface area contributed by atoms with Crippen LogP contribution in [0.25, 0.3) is 0 Å². The predicted octanol–water partition coefficient (Wildman–Crippen LogP) is 3.13. The molecule has 0 unspecified atom stereocenters. The topological polar surface area (TPSA) is 50.2 Å². The van der Waals surface area contributed by atoms with Crippen LogP contribution in [0.4, 0.5) is 0 Å². The molecule has 1 fully saturated rings. The normalized spacial score (nSPS) is 16.7. The van der Waals surface area contributed by atoms with Crippen LogP contribution in [0.1, 0.15) is 28.8 Å². The summed E-state index contributed by atoms with van der Waals surface area (Å²) in [6.45, 7) is 4.99. The first-order valence-electron chi connectivity index (χ1n) is 9.80. The number of rotatable bonds is 7. The zero-order valence-electron chi connectivity index (χ0n) is 16.2. The van der Waals surface area contributed by atoms with Gasteiger partial charge in [-0.2, -0.15) is 0 Å². The van der Waals surface area contributed by atoms with Crippen LogP contribution in [0, 0.1) is 6.92 Å². The van der Waals surface area contributed by atoms with Crippen molar-refractivity contribution in [3.05, 3.63) is 89.5 Å². The predicted molar refractivity (Wildman–Crippen MR) is 110 cm³/mol. The average Bonchev–Trinajstić information content (AvgIpc) is 3.28. The average molecular weight is 374 g/mol. The van der Waals surface area contributed by atoms with Crippen LogP contribution >= 0.6 is 0 Å². The quantitative estimate of drug-likeness (QED) is 0.691. The van der Waals surface area contributed by atoms with Gasteiger partial charge >= 0.3 is 0 Å². The molecule has 1 aliphatic heterocycles. The van der Waals surface area contributed by atoms with Crippen molar-refractivity contribution in [1.29, 1.82) is 0 Å². The summed E-state index contributed by atoms with van der Waals surface area (Å²) in [5, 5.41) is 3.44. The lowest BCUT2D eigenvalue weighted by atomic mass is 10.1. The Balaban J connectivity index is 1.33. The van der Waals surface area contributed by atoms with E-state index >= 15 is 0 Å². The summed E-state index contributed by atoms with van der Waals surface area (Å²) in [6.07, 6.45) is 4.57. The summed E-state index contributed by atoms with van der Waals surface area (Å²) in [6, 6.07) is 18.6. The molecule has 0 radical (unpaired) electrons. The third kappa shape index (κ3) is 4.31. The number of likely N-dealkylation sites (tertiary alicyclic amines) is 1. The van der Waals surface area contributed by atoms with Gasteiger partial charge in [0.25, 0.3) is 0 Å². The summed E-state index contributed by atoms with van der Waals surface area (Å²) >= 11 is 0. The second kappa shape index (κ2) is 8.40. The van der Waals surface area contributed by atoms with Crippen LogP contribution in [0.2, 0.25) is 0 Å². The molecule has 1 saturated heterocycles. The number of hydrogen-bond donors (Lipinski definition) is 1. The Morgan fingerprint density at radius 2 is 1.89 bits per heavy atom. The summed E-state index contributed by atoms with van der Waals surface area (Å²) in [7, 11) is 0. The number of nitrogens with one attached hydrogen (secondary N) is 1. The van der Waals surface area contributed by atoms with Gasteiger partial charge in [-0.25, -0.2) is 4.98 Å². The SMILES string of the molecule is Cc1cccc(CN2CC[C@H](NCc3cncn3Cc3ccccc3)C2=O)c1. The van der Waals surface area contributed by atoms with E-state index in [2.05, 4.69) is 58.2 Å². The third-order valence-corrected chi connectivity index (χ3v) is 5.28. The maximum Gasteiger partial charge on any atom is 0.240 e. The summed E-state index contributed by atoms with van der Waals surface area (Å²) < 4.78 is 2.13. The van der Waals surface area contributed by atoms with E-state index in [0.29, 0.717) is 13.1 Å². The summed E-state index contributed by atoms with van der Waals surface area (Å²) in [5.41, 5.74) is 4.75. The molecule has 1 amide bonds. The molecule has 3 aromatic rings. The number of aromatic nitrogens is 2. The lowest BCUT2D eigenvalue weighted by Crippen LogP contribution is -2.38. The van der Waals surface area contributed by atoms with Crippen LogP contribution in [-0.2, 0) is 24.4 Å². The van der Waals surface area contributed by atoms with E-state index in [1.54, 1.807) is 0 Å². The lowest BCUT2D eigenvalue weighted by Gasteiger charge is -2.18. The Morgan fingerprint density at radius 3 is 2.71 bits per heavy atom. The van der Waals surface area contributed by atoms with E-state index in [1.807, 2.05) is 35.6 Å². The van der Waals surface area contributed by atoms with E-state index in [9.17, 15) is 4.79 Å². The molecule has 144 valence electrons. The molecule has 5 nitrogen and oxygen atoms in total. The lowest BCUT2D eigenvalue weighted by molar-refractivity contribution is -0.129. The van der Waals surface area contributed by atoms with Gasteiger partial charge in [0, 0.05) is 32.4 Å². The van der Waals surface area contributed by atoms with Crippen LogP contribution in [-0.4, -0.2) is 32.9 Å². The Morgan fingerprint density at radius 1 is 1.07 bits per heavy atom. The minimum absolute atomic E-state index is 0.120. The third-order valence-electron chi connectivity index (χ3n) is 5.28. The monoisotopic (exact) mass is 374 g/mol. The molecule has 5 heteroatoms. The molecular weight excluding hydrogens is 348 g/mol. The maximum atomic E-state index is 12.8. The zero-order valence-corrected chi connectivity index (χ0v) is 16.2. The van der Waals surface area contributed by atoms with Crippen molar-refractivity contribution in [3.8, 4) is 0 Å². The van der Waals surface area contributed by atoms with Gasteiger partial charge in [-0.3, -0.25) is 4.79 Å². The molecule has 28 heavy (non-hydrogen) atoms. The minimum Gasteiger partial charge on any atom is -0.337 e. The Labute approximate surface area is 166 Å². The van der Waals surface area contributed by atoms with Crippen LogP contribution in [0.5, 0.6) is 0 Å². The summed E-state index contributed by atoms with van der Waals surface area (Å²) in [4.78, 5) is 19.0. The maximum absolute atomic E-state index is 12.8. The van der Waals surface area contributed by atoms with Gasteiger partial charge in [0.1, 0.15) is 0 Å². The van der Waals surface area contributed by atoms with E-state index in [4.69, 9.17) is 0 Å². The second-order valence-corrected chi connectivity index (χ2v) is 7.47. The number of imidazole rings is 1. The van der Waals surface area contributed by atoms with Crippen molar-refractivity contribution in [2.24, 2.45) is 0 Å². The highest BCUT2D eigenvalue weighted by Crippen LogP contribution is 2.17. The Bertz CT molecular complexity index is 935. The number of carbonyl (C=O) groups is 1. The van der Waals surface area contributed by atoms with Gasteiger partial charge in [-0.1, -0.05) is 60.2 Å². The first-order chi connectivity index (χ1) is 13.7. The highest BCUT2D eigenvalue weighted by Gasteiger charge is 2.31. The molecular formula is C23H26N4O. The Kier molecular flexibility index (Phi) is 5.53. The molecule has 0 spiro atoms. The second-order valence-electron chi connectivity index (χ2n) is 7.47. The number of amides is 1. The van der Waals surface area contributed by atoms with Crippen LogP contribution in [0.15, 0.2) is 67.1 Å². The molecule has 1 aromatic heterocycles. The fraction of sp³-hybridized carbons (Fsp3) is 0.304. The van der Waals surface area contributed by atoms with Gasteiger partial charge in [0.05, 0.1) is 18.1 Å².